The first kappa shape index (κ1) is 25.9. The van der Waals surface area contributed by atoms with Gasteiger partial charge in [-0.05, 0) is 0 Å². The molecule has 0 spiro atoms. The third-order valence-electron chi connectivity index (χ3n) is 3.63. The fourth-order valence-corrected chi connectivity index (χ4v) is 7.66. The molecule has 0 aromatic rings. The molecule has 5 nitrogen and oxygen atoms in total. The third kappa shape index (κ3) is 19.0. The Balaban J connectivity index is -0.000000515. The van der Waals surface area contributed by atoms with Crippen molar-refractivity contribution in [3.63, 3.8) is 0 Å². The molecule has 0 aromatic carbocycles. The van der Waals surface area contributed by atoms with Gasteiger partial charge in [0.2, 0.25) is 0 Å². The molecule has 0 radical (unpaired) electrons. The van der Waals surface area contributed by atoms with Gasteiger partial charge in [0, 0.05) is 0 Å². The van der Waals surface area contributed by atoms with Crippen LogP contribution in [0, 0.1) is 22.9 Å². The van der Waals surface area contributed by atoms with Crippen molar-refractivity contribution in [1.82, 2.24) is 0 Å². The zero-order valence-corrected chi connectivity index (χ0v) is 16.0. The number of nitrogens with two attached hydrogens (primary N) is 2. The number of ether oxygens (including phenoxy) is 1. The van der Waals surface area contributed by atoms with E-state index in [1.807, 2.05) is 7.11 Å². The van der Waals surface area contributed by atoms with Crippen molar-refractivity contribution < 1.29 is 4.74 Å². The predicted octanol–water partition coefficient (Wildman–Crippen LogP) is 3.59. The van der Waals surface area contributed by atoms with Gasteiger partial charge in [0.25, 0.3) is 0 Å². The number of nitrogens with zero attached hydrogens (tertiary/aromatic N) is 2. The van der Waals surface area contributed by atoms with Crippen molar-refractivity contribution >= 4 is 7.26 Å². The van der Waals surface area contributed by atoms with Crippen molar-refractivity contribution in [3.8, 4) is 12.4 Å². The molecule has 0 aliphatic heterocycles. The molecule has 0 saturated carbocycles. The fourth-order valence-electron chi connectivity index (χ4n) is 2.55. The first-order chi connectivity index (χ1) is 10.6. The number of methoxy groups -OCH3 is 1. The van der Waals surface area contributed by atoms with E-state index in [2.05, 4.69) is 32.2 Å². The van der Waals surface area contributed by atoms with Crippen LogP contribution in [0.1, 0.15) is 59.3 Å². The van der Waals surface area contributed by atoms with Crippen molar-refractivity contribution in [2.24, 2.45) is 11.5 Å². The summed E-state index contributed by atoms with van der Waals surface area (Å²) < 4.78 is 5.56. The Kier molecular flexibility index (Phi) is 26.2. The number of nitriles is 2. The summed E-state index contributed by atoms with van der Waals surface area (Å²) in [5.74, 6) is 0. The first-order valence-corrected chi connectivity index (χ1v) is 11.1. The minimum absolute atomic E-state index is 1.08. The van der Waals surface area contributed by atoms with Crippen LogP contribution < -0.4 is 11.5 Å². The molecule has 0 bridgehead atoms. The first-order valence-electron chi connectivity index (χ1n) is 8.26. The zero-order valence-electron chi connectivity index (χ0n) is 15.0. The molecule has 0 aliphatic rings. The molecule has 0 fully saturated rings. The van der Waals surface area contributed by atoms with Gasteiger partial charge in [-0.3, -0.25) is 0 Å². The second kappa shape index (κ2) is 22.3. The summed E-state index contributed by atoms with van der Waals surface area (Å²) in [6.45, 7) is 6.93. The molecule has 0 aliphatic carbocycles. The molecule has 6 heteroatoms. The molecule has 0 amide bonds. The minimum Gasteiger partial charge on any atom is -0.337 e. The SMILES string of the molecule is CCCC[PH](CCCC)(CCCC)COC.N#CN.N#CN. The number of unbranched alkanes of at least 4 members (excludes halogenated alkanes) is 3. The van der Waals surface area contributed by atoms with Crippen molar-refractivity contribution in [2.75, 3.05) is 31.9 Å². The van der Waals surface area contributed by atoms with Crippen LogP contribution >= 0.6 is 7.26 Å². The van der Waals surface area contributed by atoms with Gasteiger partial charge in [0.1, 0.15) is 0 Å². The van der Waals surface area contributed by atoms with Crippen LogP contribution in [0.2, 0.25) is 0 Å². The van der Waals surface area contributed by atoms with Crippen LogP contribution in [-0.2, 0) is 4.74 Å². The van der Waals surface area contributed by atoms with Crippen LogP contribution in [-0.4, -0.2) is 31.9 Å². The van der Waals surface area contributed by atoms with E-state index in [0.29, 0.717) is 0 Å². The number of rotatable bonds is 11. The Morgan fingerprint density at radius 1 is 0.818 bits per heavy atom. The largest absolute Gasteiger partial charge is 0.337 e. The van der Waals surface area contributed by atoms with Crippen LogP contribution in [0.25, 0.3) is 0 Å². The van der Waals surface area contributed by atoms with Gasteiger partial charge in [0.15, 0.2) is 12.4 Å². The summed E-state index contributed by atoms with van der Waals surface area (Å²) in [5.41, 5.74) is 8.31. The standard InChI is InChI=1S/C14H33OP.2CH2N2/c1-5-8-11-16(14-15-4,12-9-6-2)13-10-7-3;2*2-1-3/h16H,5-14H2,1-4H3;2*2H2. The molecule has 0 unspecified atom stereocenters. The van der Waals surface area contributed by atoms with Gasteiger partial charge < -0.3 is 11.5 Å². The van der Waals surface area contributed by atoms with Crippen molar-refractivity contribution in [1.29, 1.82) is 10.5 Å². The van der Waals surface area contributed by atoms with Crippen LogP contribution in [0.3, 0.4) is 0 Å². The van der Waals surface area contributed by atoms with E-state index in [-0.39, 0.29) is 0 Å². The monoisotopic (exact) mass is 332 g/mol. The van der Waals surface area contributed by atoms with Gasteiger partial charge in [0.05, 0.1) is 0 Å². The van der Waals surface area contributed by atoms with Gasteiger partial charge in [-0.2, -0.15) is 10.5 Å². The topological polar surface area (TPSA) is 109 Å². The second-order valence-corrected chi connectivity index (χ2v) is 10.3. The molecule has 0 heterocycles. The van der Waals surface area contributed by atoms with Crippen LogP contribution in [0.4, 0.5) is 0 Å². The Bertz CT molecular complexity index is 253. The number of hydrogen-bond donors (Lipinski definition) is 2. The van der Waals surface area contributed by atoms with Crippen molar-refractivity contribution in [2.45, 2.75) is 59.3 Å². The maximum Gasteiger partial charge on any atom is 0.173 e. The van der Waals surface area contributed by atoms with E-state index in [4.69, 9.17) is 15.3 Å². The minimum atomic E-state index is -1.08. The third-order valence-corrected chi connectivity index (χ3v) is 8.78. The summed E-state index contributed by atoms with van der Waals surface area (Å²) in [5, 5.41) is 14.2. The summed E-state index contributed by atoms with van der Waals surface area (Å²) >= 11 is 0. The maximum atomic E-state index is 7.10. The quantitative estimate of drug-likeness (QED) is 0.341. The van der Waals surface area contributed by atoms with Gasteiger partial charge in [-0.1, -0.05) is 0 Å². The van der Waals surface area contributed by atoms with E-state index in [1.54, 1.807) is 0 Å². The van der Waals surface area contributed by atoms with E-state index >= 15 is 0 Å². The normalized spacial score (nSPS) is 10.1. The molecule has 0 rings (SSSR count). The summed E-state index contributed by atoms with van der Waals surface area (Å²) in [4.78, 5) is 0. The van der Waals surface area contributed by atoms with Gasteiger partial charge in [-0.25, -0.2) is 0 Å². The summed E-state index contributed by atoms with van der Waals surface area (Å²) in [6.07, 6.45) is 16.4. The Morgan fingerprint density at radius 2 is 1.09 bits per heavy atom. The molecular formula is C16H37N4OP. The average molecular weight is 332 g/mol. The number of hydrogen-bond acceptors (Lipinski definition) is 5. The van der Waals surface area contributed by atoms with E-state index < -0.39 is 7.26 Å². The Labute approximate surface area is 138 Å². The Hall–Kier alpha value is -1.03. The van der Waals surface area contributed by atoms with Crippen LogP contribution in [0.15, 0.2) is 0 Å². The zero-order chi connectivity index (χ0) is 17.7. The molecule has 4 N–H and O–H groups in total. The molecule has 0 saturated heterocycles. The van der Waals surface area contributed by atoms with E-state index in [1.165, 1.54) is 69.4 Å². The predicted molar refractivity (Wildman–Crippen MR) is 99.1 cm³/mol. The fraction of sp³-hybridized carbons (Fsp3) is 0.875. The average Bonchev–Trinajstić information content (AvgIpc) is 2.50. The summed E-state index contributed by atoms with van der Waals surface area (Å²) in [7, 11) is 0.814. The maximum absolute atomic E-state index is 7.10. The summed E-state index contributed by atoms with van der Waals surface area (Å²) in [6, 6.07) is 0. The van der Waals surface area contributed by atoms with E-state index in [0.717, 1.165) is 6.35 Å². The molecule has 0 aromatic heterocycles. The smallest absolute Gasteiger partial charge is 0.173 e. The Morgan fingerprint density at radius 3 is 1.27 bits per heavy atom. The van der Waals surface area contributed by atoms with Crippen LogP contribution in [0.5, 0.6) is 0 Å². The second-order valence-electron chi connectivity index (χ2n) is 5.50. The van der Waals surface area contributed by atoms with Crippen molar-refractivity contribution in [3.05, 3.63) is 0 Å². The van der Waals surface area contributed by atoms with Gasteiger partial charge in [-0.15, -0.1) is 0 Å². The molecule has 22 heavy (non-hydrogen) atoms. The van der Waals surface area contributed by atoms with Gasteiger partial charge >= 0.3 is 103 Å². The molecule has 132 valence electrons. The molecular weight excluding hydrogens is 295 g/mol. The van der Waals surface area contributed by atoms with E-state index in [9.17, 15) is 0 Å². The molecule has 0 atom stereocenters.